The van der Waals surface area contributed by atoms with Gasteiger partial charge >= 0.3 is 6.09 Å². The van der Waals surface area contributed by atoms with Crippen molar-refractivity contribution in [2.24, 2.45) is 5.92 Å². The number of alkyl carbamates (subject to hydrolysis) is 1. The molecule has 1 saturated heterocycles. The van der Waals surface area contributed by atoms with E-state index < -0.39 is 73.7 Å². The first-order valence-electron chi connectivity index (χ1n) is 21.4. The molecule has 4 heterocycles. The van der Waals surface area contributed by atoms with Crippen molar-refractivity contribution >= 4 is 56.1 Å². The third-order valence-electron chi connectivity index (χ3n) is 12.6. The van der Waals surface area contributed by atoms with Crippen LogP contribution in [-0.2, 0) is 29.1 Å². The molecule has 4 aromatic rings. The van der Waals surface area contributed by atoms with Gasteiger partial charge < -0.3 is 25.0 Å². The van der Waals surface area contributed by atoms with E-state index in [-0.39, 0.29) is 43.5 Å². The molecule has 4 fully saturated rings. The molecule has 19 heteroatoms. The zero-order valence-corrected chi connectivity index (χ0v) is 34.8. The molecule has 4 amide bonds. The highest BCUT2D eigenvalue weighted by atomic mass is 32.2. The highest BCUT2D eigenvalue weighted by molar-refractivity contribution is 7.91. The molecule has 2 aromatic heterocycles. The smallest absolute Gasteiger partial charge is 0.408 e. The second-order valence-corrected chi connectivity index (χ2v) is 19.0. The van der Waals surface area contributed by atoms with E-state index in [1.807, 2.05) is 36.4 Å². The Morgan fingerprint density at radius 1 is 0.952 bits per heavy atom. The Hall–Kier alpha value is -6.11. The lowest BCUT2D eigenvalue weighted by Gasteiger charge is -2.30. The summed E-state index contributed by atoms with van der Waals surface area (Å²) in [4.78, 5) is 73.7. The van der Waals surface area contributed by atoms with Gasteiger partial charge in [-0.15, -0.1) is 0 Å². The molecule has 3 N–H and O–H groups in total. The van der Waals surface area contributed by atoms with Crippen molar-refractivity contribution in [3.05, 3.63) is 76.9 Å². The molecule has 18 nitrogen and oxygen atoms in total. The number of non-ortho nitro benzene ring substituents is 1. The van der Waals surface area contributed by atoms with Gasteiger partial charge in [0.2, 0.25) is 27.7 Å². The van der Waals surface area contributed by atoms with Crippen molar-refractivity contribution in [2.45, 2.75) is 119 Å². The number of carbonyl (C=O) groups is 4. The van der Waals surface area contributed by atoms with Crippen LogP contribution < -0.4 is 20.1 Å². The maximum atomic E-state index is 14.8. The Bertz CT molecular complexity index is 2570. The van der Waals surface area contributed by atoms with Crippen LogP contribution in [0.15, 0.2) is 66.7 Å². The summed E-state index contributed by atoms with van der Waals surface area (Å²) in [6, 6.07) is 12.7. The van der Waals surface area contributed by atoms with Crippen molar-refractivity contribution in [2.75, 3.05) is 6.54 Å². The summed E-state index contributed by atoms with van der Waals surface area (Å²) in [5.41, 5.74) is 0.425. The molecule has 0 bridgehead atoms. The van der Waals surface area contributed by atoms with Gasteiger partial charge in [-0.3, -0.25) is 29.2 Å². The van der Waals surface area contributed by atoms with Gasteiger partial charge in [0.05, 0.1) is 27.9 Å². The van der Waals surface area contributed by atoms with Crippen LogP contribution in [0.5, 0.6) is 5.88 Å². The molecule has 5 aliphatic rings. The topological polar surface area (TPSA) is 234 Å². The fourth-order valence-electron chi connectivity index (χ4n) is 8.94. The maximum Gasteiger partial charge on any atom is 0.408 e. The Morgan fingerprint density at radius 3 is 2.47 bits per heavy atom. The summed E-state index contributed by atoms with van der Waals surface area (Å²) in [6.07, 6.45) is 9.49. The first-order valence-corrected chi connectivity index (χ1v) is 23.0. The summed E-state index contributed by atoms with van der Waals surface area (Å²) in [6.45, 7) is -0.0944. The van der Waals surface area contributed by atoms with Crippen LogP contribution in [0, 0.1) is 16.0 Å². The van der Waals surface area contributed by atoms with Gasteiger partial charge in [0, 0.05) is 41.5 Å². The average molecular weight is 869 g/mol. The molecule has 2 aliphatic heterocycles. The first kappa shape index (κ1) is 41.3. The van der Waals surface area contributed by atoms with Gasteiger partial charge in [0.25, 0.3) is 11.6 Å². The number of nitrogens with one attached hydrogen (secondary N) is 3. The molecule has 3 saturated carbocycles. The molecule has 0 radical (unpaired) electrons. The number of aromatic nitrogens is 3. The minimum atomic E-state index is -3.94. The number of nitrogens with zero attached hydrogens (tertiary/aromatic N) is 5. The third kappa shape index (κ3) is 8.41. The molecule has 62 heavy (non-hydrogen) atoms. The van der Waals surface area contributed by atoms with E-state index >= 15 is 0 Å². The van der Waals surface area contributed by atoms with E-state index in [4.69, 9.17) is 19.6 Å². The van der Waals surface area contributed by atoms with Crippen LogP contribution in [0.1, 0.15) is 83.5 Å². The van der Waals surface area contributed by atoms with E-state index in [1.54, 1.807) is 18.2 Å². The molecule has 3 aliphatic carbocycles. The van der Waals surface area contributed by atoms with Crippen molar-refractivity contribution in [3.63, 3.8) is 0 Å². The predicted molar refractivity (Wildman–Crippen MR) is 224 cm³/mol. The molecule has 0 unspecified atom stereocenters. The molecule has 9 rings (SSSR count). The number of nitro benzene ring substituents is 1. The lowest BCUT2D eigenvalue weighted by Crippen LogP contribution is -2.58. The van der Waals surface area contributed by atoms with Gasteiger partial charge in [-0.2, -0.15) is 9.61 Å². The molecular formula is C43H48N8O10S. The van der Waals surface area contributed by atoms with Gasteiger partial charge in [-0.25, -0.2) is 18.2 Å². The van der Waals surface area contributed by atoms with Gasteiger partial charge in [-0.05, 0) is 88.5 Å². The number of benzene rings is 2. The highest BCUT2D eigenvalue weighted by Gasteiger charge is 2.62. The summed E-state index contributed by atoms with van der Waals surface area (Å²) >= 11 is 0. The Kier molecular flexibility index (Phi) is 11.1. The fourth-order valence-corrected chi connectivity index (χ4v) is 10.3. The second-order valence-electron chi connectivity index (χ2n) is 17.0. The minimum Gasteiger partial charge on any atom is -0.472 e. The standard InChI is InChI=1S/C43H48N8O10S/c52-39-36-22-30(60-37-23-35(26-16-18-28(19-17-26)51(56)57)44-38-32-13-8-9-14-33(32)47-50(37)38)25-49(36)40(53)34(45-42(55)61-29-11-6-7-12-29)15-5-3-1-2-4-10-27-24-43(27,46-39)41(54)48-62(58,59)31-20-21-31/h4,8-10,13-14,16-19,23,27,29-31,34,36H,1-3,5-7,11-12,15,20-22,24-25H2,(H,45,55)(H,46,52)(H,48,54)/b10-4-/t27-,30-,34+,36+,43-/m1/s1. The maximum absolute atomic E-state index is 14.8. The predicted octanol–water partition coefficient (Wildman–Crippen LogP) is 4.85. The third-order valence-corrected chi connectivity index (χ3v) is 14.4. The number of hydrogen-bond acceptors (Lipinski definition) is 12. The van der Waals surface area contributed by atoms with E-state index in [0.717, 1.165) is 38.5 Å². The lowest BCUT2D eigenvalue weighted by atomic mass is 10.0. The van der Waals surface area contributed by atoms with Crippen LogP contribution in [0.2, 0.25) is 0 Å². The van der Waals surface area contributed by atoms with E-state index in [9.17, 15) is 37.7 Å². The quantitative estimate of drug-likeness (QED) is 0.116. The number of allylic oxidation sites excluding steroid dienone is 1. The van der Waals surface area contributed by atoms with Gasteiger partial charge in [-0.1, -0.05) is 37.1 Å². The Labute approximate surface area is 357 Å². The number of carbonyl (C=O) groups excluding carboxylic acids is 4. The Balaban J connectivity index is 1.05. The first-order chi connectivity index (χ1) is 29.9. The number of hydrogen-bond donors (Lipinski definition) is 3. The van der Waals surface area contributed by atoms with Gasteiger partial charge in [0.1, 0.15) is 29.8 Å². The number of ether oxygens (including phenoxy) is 2. The Morgan fingerprint density at radius 2 is 1.71 bits per heavy atom. The minimum absolute atomic E-state index is 0.0349. The summed E-state index contributed by atoms with van der Waals surface area (Å²) in [5.74, 6) is -2.26. The normalized spacial score (nSPS) is 26.4. The zero-order chi connectivity index (χ0) is 43.2. The van der Waals surface area contributed by atoms with Crippen LogP contribution in [0.3, 0.4) is 0 Å². The van der Waals surface area contributed by atoms with E-state index in [2.05, 4.69) is 15.4 Å². The van der Waals surface area contributed by atoms with Crippen LogP contribution >= 0.6 is 0 Å². The SMILES string of the molecule is O=C(N[C@H]1CCCCC/C=C\[C@@H]2C[C@@]2(C(=O)NS(=O)(=O)C2CC2)NC(=O)[C@@H]2C[C@@H](Oc3cc(-c4ccc([N+](=O)[O-])cc4)nc4c5ccccc5nn34)CN2C1=O)OC1CCCC1. The van der Waals surface area contributed by atoms with Crippen molar-refractivity contribution in [1.29, 1.82) is 0 Å². The number of rotatable bonds is 9. The molecule has 5 atom stereocenters. The van der Waals surface area contributed by atoms with Crippen LogP contribution in [0.25, 0.3) is 27.8 Å². The number of nitro groups is 1. The zero-order valence-electron chi connectivity index (χ0n) is 33.9. The second kappa shape index (κ2) is 16.6. The van der Waals surface area contributed by atoms with Crippen molar-refractivity contribution in [1.82, 2.24) is 34.9 Å². The molecule has 2 aromatic carbocycles. The van der Waals surface area contributed by atoms with E-state index in [1.165, 1.54) is 21.5 Å². The van der Waals surface area contributed by atoms with Crippen molar-refractivity contribution in [3.8, 4) is 17.1 Å². The molecule has 326 valence electrons. The van der Waals surface area contributed by atoms with Crippen LogP contribution in [0.4, 0.5) is 10.5 Å². The fraction of sp³-hybridized carbons (Fsp3) is 0.488. The number of fused-ring (bicyclic) bond motifs is 5. The monoisotopic (exact) mass is 868 g/mol. The largest absolute Gasteiger partial charge is 0.472 e. The molecule has 0 spiro atoms. The van der Waals surface area contributed by atoms with E-state index in [0.29, 0.717) is 53.5 Å². The summed E-state index contributed by atoms with van der Waals surface area (Å²) < 4.78 is 42.1. The van der Waals surface area contributed by atoms with Crippen molar-refractivity contribution < 1.29 is 42.0 Å². The summed E-state index contributed by atoms with van der Waals surface area (Å²) in [7, 11) is -3.94. The number of amides is 4. The number of sulfonamides is 1. The lowest BCUT2D eigenvalue weighted by molar-refractivity contribution is -0.384. The highest BCUT2D eigenvalue weighted by Crippen LogP contribution is 2.46. The van der Waals surface area contributed by atoms with Gasteiger partial charge in [0.15, 0.2) is 5.65 Å². The summed E-state index contributed by atoms with van der Waals surface area (Å²) in [5, 5.41) is 21.9. The average Bonchev–Trinajstić information content (AvgIpc) is 4.06. The van der Waals surface area contributed by atoms with Crippen LogP contribution in [-0.4, -0.2) is 98.3 Å². The molecular weight excluding hydrogens is 821 g/mol.